The molecule has 0 aromatic rings. The molecule has 1 N–H and O–H groups in total. The minimum absolute atomic E-state index is 0.194. The molecule has 1 saturated heterocycles. The summed E-state index contributed by atoms with van der Waals surface area (Å²) in [5, 5.41) is 9.91. The Kier molecular flexibility index (Phi) is 4.85. The van der Waals surface area contributed by atoms with E-state index in [9.17, 15) is 5.11 Å². The molecule has 84 valence electrons. The van der Waals surface area contributed by atoms with Crippen molar-refractivity contribution >= 4 is 0 Å². The van der Waals surface area contributed by atoms with Crippen LogP contribution in [-0.4, -0.2) is 48.5 Å². The first kappa shape index (κ1) is 12.0. The molecule has 0 aliphatic carbocycles. The number of hydrogen-bond donors (Lipinski definition) is 1. The zero-order valence-electron chi connectivity index (χ0n) is 9.57. The molecule has 3 unspecified atom stereocenters. The molecule has 0 aromatic carbocycles. The van der Waals surface area contributed by atoms with Gasteiger partial charge in [0.1, 0.15) is 0 Å². The summed E-state index contributed by atoms with van der Waals surface area (Å²) in [7, 11) is 0. The fourth-order valence-electron chi connectivity index (χ4n) is 1.73. The van der Waals surface area contributed by atoms with E-state index in [1.54, 1.807) is 0 Å². The predicted octanol–water partition coefficient (Wildman–Crippen LogP) is 1.11. The van der Waals surface area contributed by atoms with Gasteiger partial charge in [0.2, 0.25) is 0 Å². The van der Waals surface area contributed by atoms with E-state index >= 15 is 0 Å². The van der Waals surface area contributed by atoms with Gasteiger partial charge in [0, 0.05) is 19.1 Å². The Balaban J connectivity index is 2.34. The molecule has 0 saturated carbocycles. The third-order valence-electron chi connectivity index (χ3n) is 3.23. The monoisotopic (exact) mass is 201 g/mol. The number of hydrogen-bond acceptors (Lipinski definition) is 3. The molecule has 0 spiro atoms. The average Bonchev–Trinajstić information content (AvgIpc) is 2.20. The highest BCUT2D eigenvalue weighted by Crippen LogP contribution is 2.12. The minimum atomic E-state index is -0.194. The normalized spacial score (nSPS) is 28.7. The third kappa shape index (κ3) is 3.23. The molecule has 0 radical (unpaired) electrons. The molecule has 1 heterocycles. The quantitative estimate of drug-likeness (QED) is 0.739. The van der Waals surface area contributed by atoms with Crippen LogP contribution >= 0.6 is 0 Å². The molecule has 1 fully saturated rings. The summed E-state index contributed by atoms with van der Waals surface area (Å²) >= 11 is 0. The maximum Gasteiger partial charge on any atom is 0.0692 e. The Morgan fingerprint density at radius 2 is 2.29 bits per heavy atom. The number of aliphatic hydroxyl groups is 1. The minimum Gasteiger partial charge on any atom is -0.392 e. The predicted molar refractivity (Wildman–Crippen MR) is 57.3 cm³/mol. The number of morpholine rings is 1. The van der Waals surface area contributed by atoms with E-state index in [0.717, 1.165) is 32.7 Å². The molecular weight excluding hydrogens is 178 g/mol. The zero-order valence-corrected chi connectivity index (χ0v) is 9.57. The van der Waals surface area contributed by atoms with Gasteiger partial charge in [0.15, 0.2) is 0 Å². The fourth-order valence-corrected chi connectivity index (χ4v) is 1.73. The number of β-amino-alcohol motifs (C(OH)–C–C–N with tert-alkyl or cyclic N) is 1. The summed E-state index contributed by atoms with van der Waals surface area (Å²) < 4.78 is 5.36. The second-order valence-electron chi connectivity index (χ2n) is 4.37. The van der Waals surface area contributed by atoms with Crippen LogP contribution in [-0.2, 0) is 4.74 Å². The Labute approximate surface area is 87.1 Å². The SMILES string of the molecule is CCC(C)C(O)CN1CCOCC1C. The van der Waals surface area contributed by atoms with Gasteiger partial charge in [-0.15, -0.1) is 0 Å². The second kappa shape index (κ2) is 5.69. The van der Waals surface area contributed by atoms with Gasteiger partial charge in [-0.25, -0.2) is 0 Å². The van der Waals surface area contributed by atoms with Gasteiger partial charge in [0.05, 0.1) is 19.3 Å². The van der Waals surface area contributed by atoms with Crippen molar-refractivity contribution in [3.05, 3.63) is 0 Å². The summed E-state index contributed by atoms with van der Waals surface area (Å²) in [6.07, 6.45) is 0.848. The van der Waals surface area contributed by atoms with E-state index in [4.69, 9.17) is 4.74 Å². The van der Waals surface area contributed by atoms with Crippen LogP contribution in [0.1, 0.15) is 27.2 Å². The number of rotatable bonds is 4. The fraction of sp³-hybridized carbons (Fsp3) is 1.00. The van der Waals surface area contributed by atoms with Crippen LogP contribution in [0.2, 0.25) is 0 Å². The lowest BCUT2D eigenvalue weighted by molar-refractivity contribution is -0.0287. The zero-order chi connectivity index (χ0) is 10.6. The number of nitrogens with zero attached hydrogens (tertiary/aromatic N) is 1. The molecule has 14 heavy (non-hydrogen) atoms. The van der Waals surface area contributed by atoms with Crippen LogP contribution in [0.15, 0.2) is 0 Å². The van der Waals surface area contributed by atoms with Crippen molar-refractivity contribution < 1.29 is 9.84 Å². The maximum atomic E-state index is 9.91. The molecular formula is C11H23NO2. The van der Waals surface area contributed by atoms with Gasteiger partial charge in [-0.3, -0.25) is 4.90 Å². The van der Waals surface area contributed by atoms with Gasteiger partial charge in [0.25, 0.3) is 0 Å². The number of aliphatic hydroxyl groups excluding tert-OH is 1. The van der Waals surface area contributed by atoms with Crippen LogP contribution in [0.25, 0.3) is 0 Å². The summed E-state index contributed by atoms with van der Waals surface area (Å²) in [6, 6.07) is 0.447. The van der Waals surface area contributed by atoms with Crippen molar-refractivity contribution in [2.75, 3.05) is 26.3 Å². The van der Waals surface area contributed by atoms with E-state index in [0.29, 0.717) is 12.0 Å². The first-order chi connectivity index (χ1) is 6.65. The van der Waals surface area contributed by atoms with E-state index in [2.05, 4.69) is 25.7 Å². The van der Waals surface area contributed by atoms with Gasteiger partial charge >= 0.3 is 0 Å². The lowest BCUT2D eigenvalue weighted by Crippen LogP contribution is -2.47. The van der Waals surface area contributed by atoms with Gasteiger partial charge in [-0.2, -0.15) is 0 Å². The van der Waals surface area contributed by atoms with Crippen LogP contribution in [0.4, 0.5) is 0 Å². The highest BCUT2D eigenvalue weighted by atomic mass is 16.5. The topological polar surface area (TPSA) is 32.7 Å². The Bertz CT molecular complexity index is 163. The molecule has 0 bridgehead atoms. The van der Waals surface area contributed by atoms with E-state index in [1.165, 1.54) is 0 Å². The standard InChI is InChI=1S/C11H23NO2/c1-4-9(2)11(13)7-12-5-6-14-8-10(12)3/h9-11,13H,4-8H2,1-3H3. The van der Waals surface area contributed by atoms with Crippen molar-refractivity contribution in [2.24, 2.45) is 5.92 Å². The van der Waals surface area contributed by atoms with Crippen molar-refractivity contribution in [2.45, 2.75) is 39.3 Å². The number of ether oxygens (including phenoxy) is 1. The Morgan fingerprint density at radius 1 is 1.57 bits per heavy atom. The second-order valence-corrected chi connectivity index (χ2v) is 4.37. The van der Waals surface area contributed by atoms with Crippen LogP contribution < -0.4 is 0 Å². The largest absolute Gasteiger partial charge is 0.392 e. The summed E-state index contributed by atoms with van der Waals surface area (Å²) in [5.41, 5.74) is 0. The molecule has 3 nitrogen and oxygen atoms in total. The molecule has 1 aliphatic heterocycles. The van der Waals surface area contributed by atoms with Gasteiger partial charge < -0.3 is 9.84 Å². The van der Waals surface area contributed by atoms with Crippen molar-refractivity contribution in [1.29, 1.82) is 0 Å². The summed E-state index contributed by atoms with van der Waals surface area (Å²) in [4.78, 5) is 2.32. The van der Waals surface area contributed by atoms with E-state index < -0.39 is 0 Å². The van der Waals surface area contributed by atoms with Crippen molar-refractivity contribution in [3.63, 3.8) is 0 Å². The lowest BCUT2D eigenvalue weighted by atomic mass is 10.0. The van der Waals surface area contributed by atoms with Crippen molar-refractivity contribution in [3.8, 4) is 0 Å². The highest BCUT2D eigenvalue weighted by molar-refractivity contribution is 4.75. The van der Waals surface area contributed by atoms with E-state index in [-0.39, 0.29) is 6.10 Å². The van der Waals surface area contributed by atoms with Crippen molar-refractivity contribution in [1.82, 2.24) is 4.90 Å². The first-order valence-electron chi connectivity index (χ1n) is 5.65. The van der Waals surface area contributed by atoms with Crippen LogP contribution in [0.3, 0.4) is 0 Å². The summed E-state index contributed by atoms with van der Waals surface area (Å²) in [6.45, 7) is 9.73. The average molecular weight is 201 g/mol. The summed E-state index contributed by atoms with van der Waals surface area (Å²) in [5.74, 6) is 0.394. The van der Waals surface area contributed by atoms with Crippen LogP contribution in [0, 0.1) is 5.92 Å². The Morgan fingerprint density at radius 3 is 2.86 bits per heavy atom. The first-order valence-corrected chi connectivity index (χ1v) is 5.65. The smallest absolute Gasteiger partial charge is 0.0692 e. The maximum absolute atomic E-state index is 9.91. The lowest BCUT2D eigenvalue weighted by Gasteiger charge is -2.35. The molecule has 1 aliphatic rings. The van der Waals surface area contributed by atoms with E-state index in [1.807, 2.05) is 0 Å². The molecule has 3 atom stereocenters. The third-order valence-corrected chi connectivity index (χ3v) is 3.23. The highest BCUT2D eigenvalue weighted by Gasteiger charge is 2.23. The molecule has 0 amide bonds. The van der Waals surface area contributed by atoms with Gasteiger partial charge in [-0.05, 0) is 12.8 Å². The van der Waals surface area contributed by atoms with Crippen LogP contribution in [0.5, 0.6) is 0 Å². The molecule has 3 heteroatoms. The molecule has 0 aromatic heterocycles. The van der Waals surface area contributed by atoms with Gasteiger partial charge in [-0.1, -0.05) is 20.3 Å². The molecule has 1 rings (SSSR count). The Hall–Kier alpha value is -0.120.